The van der Waals surface area contributed by atoms with Gasteiger partial charge in [-0.3, -0.25) is 0 Å². The summed E-state index contributed by atoms with van der Waals surface area (Å²) in [5.41, 5.74) is 2.10. The van der Waals surface area contributed by atoms with Gasteiger partial charge >= 0.3 is 0 Å². The van der Waals surface area contributed by atoms with Crippen molar-refractivity contribution < 1.29 is 0 Å². The summed E-state index contributed by atoms with van der Waals surface area (Å²) in [6.07, 6.45) is 2.88. The van der Waals surface area contributed by atoms with Crippen LogP contribution in [0.1, 0.15) is 18.3 Å². The van der Waals surface area contributed by atoms with Crippen LogP contribution in [0.15, 0.2) is 30.5 Å². The molecule has 0 saturated carbocycles. The van der Waals surface area contributed by atoms with Gasteiger partial charge in [-0.1, -0.05) is 13.0 Å². The van der Waals surface area contributed by atoms with E-state index in [2.05, 4.69) is 17.0 Å². The van der Waals surface area contributed by atoms with Crippen molar-refractivity contribution >= 4 is 0 Å². The molecule has 0 saturated heterocycles. The van der Waals surface area contributed by atoms with Crippen LogP contribution in [0, 0.1) is 6.92 Å². The molecule has 0 radical (unpaired) electrons. The second-order valence-corrected chi connectivity index (χ2v) is 3.24. The van der Waals surface area contributed by atoms with E-state index in [1.165, 1.54) is 0 Å². The Hall–Kier alpha value is -1.64. The van der Waals surface area contributed by atoms with Gasteiger partial charge in [0.1, 0.15) is 0 Å². The van der Waals surface area contributed by atoms with Gasteiger partial charge in [-0.15, -0.1) is 0 Å². The Morgan fingerprint density at radius 2 is 2.14 bits per heavy atom. The molecule has 0 aromatic carbocycles. The molecular formula is C11H13N3. The third-order valence-corrected chi connectivity index (χ3v) is 2.11. The molecule has 0 unspecified atom stereocenters. The maximum atomic E-state index is 4.48. The molecule has 2 aromatic heterocycles. The van der Waals surface area contributed by atoms with E-state index >= 15 is 0 Å². The third kappa shape index (κ3) is 1.66. The summed E-state index contributed by atoms with van der Waals surface area (Å²) in [6.45, 7) is 4.07. The molecule has 0 aliphatic rings. The summed E-state index contributed by atoms with van der Waals surface area (Å²) in [5.74, 6) is 0.887. The van der Waals surface area contributed by atoms with Crippen LogP contribution in [-0.4, -0.2) is 14.8 Å². The number of nitrogens with zero attached hydrogens (tertiary/aromatic N) is 3. The maximum Gasteiger partial charge on any atom is 0.153 e. The van der Waals surface area contributed by atoms with E-state index in [1.807, 2.05) is 37.4 Å². The molecular weight excluding hydrogens is 174 g/mol. The minimum absolute atomic E-state index is 0.887. The fraction of sp³-hybridized carbons (Fsp3) is 0.273. The fourth-order valence-corrected chi connectivity index (χ4v) is 1.33. The molecule has 72 valence electrons. The first-order chi connectivity index (χ1) is 6.79. The Labute approximate surface area is 83.4 Å². The summed E-state index contributed by atoms with van der Waals surface area (Å²) in [5, 5.41) is 4.31. The zero-order valence-electron chi connectivity index (χ0n) is 8.44. The van der Waals surface area contributed by atoms with E-state index in [9.17, 15) is 0 Å². The molecule has 14 heavy (non-hydrogen) atoms. The van der Waals surface area contributed by atoms with Crippen molar-refractivity contribution in [2.75, 3.05) is 0 Å². The van der Waals surface area contributed by atoms with Crippen molar-refractivity contribution in [2.24, 2.45) is 0 Å². The maximum absolute atomic E-state index is 4.48. The smallest absolute Gasteiger partial charge is 0.153 e. The van der Waals surface area contributed by atoms with Gasteiger partial charge in [-0.05, 0) is 31.5 Å². The Kier molecular flexibility index (Phi) is 2.31. The lowest BCUT2D eigenvalue weighted by molar-refractivity contribution is 0.820. The van der Waals surface area contributed by atoms with Gasteiger partial charge in [-0.25, -0.2) is 9.67 Å². The van der Waals surface area contributed by atoms with Gasteiger partial charge < -0.3 is 0 Å². The first-order valence-corrected chi connectivity index (χ1v) is 4.78. The summed E-state index contributed by atoms with van der Waals surface area (Å²) in [4.78, 5) is 4.48. The predicted molar refractivity (Wildman–Crippen MR) is 55.5 cm³/mol. The average molecular weight is 187 g/mol. The van der Waals surface area contributed by atoms with Crippen molar-refractivity contribution in [3.8, 4) is 5.82 Å². The van der Waals surface area contributed by atoms with E-state index < -0.39 is 0 Å². The first kappa shape index (κ1) is 8.94. The Morgan fingerprint density at radius 1 is 1.29 bits per heavy atom. The van der Waals surface area contributed by atoms with Gasteiger partial charge in [0.05, 0.1) is 5.69 Å². The Morgan fingerprint density at radius 3 is 2.79 bits per heavy atom. The fourth-order valence-electron chi connectivity index (χ4n) is 1.33. The second kappa shape index (κ2) is 3.62. The Bertz CT molecular complexity index is 432. The molecule has 0 atom stereocenters. The molecule has 0 aliphatic heterocycles. The number of rotatable bonds is 2. The molecule has 2 rings (SSSR count). The quantitative estimate of drug-likeness (QED) is 0.721. The lowest BCUT2D eigenvalue weighted by Crippen LogP contribution is -2.00. The molecule has 0 amide bonds. The van der Waals surface area contributed by atoms with Crippen LogP contribution in [0.25, 0.3) is 5.82 Å². The highest BCUT2D eigenvalue weighted by molar-refractivity contribution is 5.24. The molecule has 0 spiro atoms. The van der Waals surface area contributed by atoms with Crippen LogP contribution in [0.5, 0.6) is 0 Å². The van der Waals surface area contributed by atoms with Crippen molar-refractivity contribution in [1.29, 1.82) is 0 Å². The number of hydrogen-bond acceptors (Lipinski definition) is 2. The van der Waals surface area contributed by atoms with E-state index in [-0.39, 0.29) is 0 Å². The lowest BCUT2D eigenvalue weighted by Gasteiger charge is -2.01. The summed E-state index contributed by atoms with van der Waals surface area (Å²) in [6, 6.07) is 7.98. The number of hydrogen-bond donors (Lipinski definition) is 0. The largest absolute Gasteiger partial charge is 0.234 e. The molecule has 2 aromatic rings. The zero-order valence-corrected chi connectivity index (χ0v) is 8.44. The average Bonchev–Trinajstić information content (AvgIpc) is 2.65. The van der Waals surface area contributed by atoms with Crippen LogP contribution in [-0.2, 0) is 6.42 Å². The zero-order chi connectivity index (χ0) is 9.97. The first-order valence-electron chi connectivity index (χ1n) is 4.78. The van der Waals surface area contributed by atoms with Crippen molar-refractivity contribution in [3.05, 3.63) is 41.9 Å². The molecule has 0 bridgehead atoms. The summed E-state index contributed by atoms with van der Waals surface area (Å²) < 4.78 is 1.80. The van der Waals surface area contributed by atoms with Crippen LogP contribution < -0.4 is 0 Å². The van der Waals surface area contributed by atoms with E-state index in [4.69, 9.17) is 0 Å². The topological polar surface area (TPSA) is 30.7 Å². The molecule has 0 N–H and O–H groups in total. The van der Waals surface area contributed by atoms with Gasteiger partial charge in [0.15, 0.2) is 5.82 Å². The van der Waals surface area contributed by atoms with Gasteiger partial charge in [-0.2, -0.15) is 5.10 Å². The van der Waals surface area contributed by atoms with Gasteiger partial charge in [0, 0.05) is 11.9 Å². The standard InChI is InChI=1S/C11H13N3/c1-3-10-5-4-6-11(12-10)14-8-7-9(2)13-14/h4-8H,3H2,1-2H3. The minimum atomic E-state index is 0.887. The van der Waals surface area contributed by atoms with Gasteiger partial charge in [0.25, 0.3) is 0 Å². The van der Waals surface area contributed by atoms with E-state index in [1.54, 1.807) is 4.68 Å². The van der Waals surface area contributed by atoms with Crippen molar-refractivity contribution in [1.82, 2.24) is 14.8 Å². The number of aromatic nitrogens is 3. The molecule has 0 fully saturated rings. The highest BCUT2D eigenvalue weighted by atomic mass is 15.3. The molecule has 2 heterocycles. The normalized spacial score (nSPS) is 10.4. The number of pyridine rings is 1. The predicted octanol–water partition coefficient (Wildman–Crippen LogP) is 2.14. The summed E-state index contributed by atoms with van der Waals surface area (Å²) >= 11 is 0. The van der Waals surface area contributed by atoms with Crippen LogP contribution in [0.2, 0.25) is 0 Å². The second-order valence-electron chi connectivity index (χ2n) is 3.24. The SMILES string of the molecule is CCc1cccc(-n2ccc(C)n2)n1. The highest BCUT2D eigenvalue weighted by Crippen LogP contribution is 2.05. The Balaban J connectivity index is 2.41. The van der Waals surface area contributed by atoms with Gasteiger partial charge in [0.2, 0.25) is 0 Å². The van der Waals surface area contributed by atoms with Crippen LogP contribution in [0.4, 0.5) is 0 Å². The van der Waals surface area contributed by atoms with Crippen molar-refractivity contribution in [3.63, 3.8) is 0 Å². The molecule has 0 aliphatic carbocycles. The monoisotopic (exact) mass is 187 g/mol. The highest BCUT2D eigenvalue weighted by Gasteiger charge is 1.99. The third-order valence-electron chi connectivity index (χ3n) is 2.11. The van der Waals surface area contributed by atoms with Crippen LogP contribution in [0.3, 0.4) is 0 Å². The summed E-state index contributed by atoms with van der Waals surface area (Å²) in [7, 11) is 0. The lowest BCUT2D eigenvalue weighted by atomic mass is 10.3. The molecule has 3 nitrogen and oxygen atoms in total. The number of aryl methyl sites for hydroxylation is 2. The van der Waals surface area contributed by atoms with E-state index in [0.29, 0.717) is 0 Å². The van der Waals surface area contributed by atoms with E-state index in [0.717, 1.165) is 23.6 Å². The molecule has 3 heteroatoms. The van der Waals surface area contributed by atoms with Crippen molar-refractivity contribution in [2.45, 2.75) is 20.3 Å². The van der Waals surface area contributed by atoms with Crippen LogP contribution >= 0.6 is 0 Å². The minimum Gasteiger partial charge on any atom is -0.234 e.